The first-order valence-corrected chi connectivity index (χ1v) is 6.01. The molecule has 0 radical (unpaired) electrons. The number of imidazole rings is 1. The van der Waals surface area contributed by atoms with Gasteiger partial charge in [0.05, 0.1) is 6.10 Å². The van der Waals surface area contributed by atoms with Gasteiger partial charge in [0, 0.05) is 18.8 Å². The lowest BCUT2D eigenvalue weighted by atomic mass is 9.85. The maximum atomic E-state index is 9.91. The maximum absolute atomic E-state index is 9.91. The Morgan fingerprint density at radius 2 is 2.20 bits per heavy atom. The lowest BCUT2D eigenvalue weighted by Gasteiger charge is -2.23. The van der Waals surface area contributed by atoms with Gasteiger partial charge in [-0.1, -0.05) is 32.1 Å². The van der Waals surface area contributed by atoms with E-state index < -0.39 is 0 Å². The summed E-state index contributed by atoms with van der Waals surface area (Å²) < 4.78 is 0. The molecular weight excluding hydrogens is 188 g/mol. The summed E-state index contributed by atoms with van der Waals surface area (Å²) in [7, 11) is 0. The molecule has 2 rings (SSSR count). The van der Waals surface area contributed by atoms with Gasteiger partial charge in [-0.25, -0.2) is 4.98 Å². The van der Waals surface area contributed by atoms with E-state index in [1.807, 2.05) is 6.20 Å². The average Bonchev–Trinajstić information content (AvgIpc) is 2.71. The molecule has 0 bridgehead atoms. The molecule has 84 valence electrons. The molecular formula is C12H20N2O. The first-order chi connectivity index (χ1) is 7.34. The molecule has 1 heterocycles. The van der Waals surface area contributed by atoms with E-state index >= 15 is 0 Å². The Morgan fingerprint density at radius 1 is 1.40 bits per heavy atom. The third-order valence-electron chi connectivity index (χ3n) is 3.31. The normalized spacial score (nSPS) is 20.3. The number of nitrogens with one attached hydrogen (secondary N) is 1. The quantitative estimate of drug-likeness (QED) is 0.797. The summed E-state index contributed by atoms with van der Waals surface area (Å²) >= 11 is 0. The lowest BCUT2D eigenvalue weighted by molar-refractivity contribution is 0.128. The number of H-pyrrole nitrogens is 1. The van der Waals surface area contributed by atoms with Crippen molar-refractivity contribution in [2.45, 2.75) is 51.0 Å². The van der Waals surface area contributed by atoms with Crippen molar-refractivity contribution < 1.29 is 5.11 Å². The first kappa shape index (κ1) is 10.7. The molecule has 3 heteroatoms. The van der Waals surface area contributed by atoms with Crippen LogP contribution in [0.15, 0.2) is 12.4 Å². The minimum atomic E-state index is -0.223. The van der Waals surface area contributed by atoms with Crippen molar-refractivity contribution in [2.75, 3.05) is 0 Å². The summed E-state index contributed by atoms with van der Waals surface area (Å²) in [6.07, 6.45) is 11.6. The van der Waals surface area contributed by atoms with E-state index in [4.69, 9.17) is 0 Å². The third kappa shape index (κ3) is 3.34. The topological polar surface area (TPSA) is 48.9 Å². The van der Waals surface area contributed by atoms with Crippen LogP contribution in [0, 0.1) is 5.92 Å². The predicted octanol–water partition coefficient (Wildman–Crippen LogP) is 2.28. The molecule has 1 aromatic heterocycles. The summed E-state index contributed by atoms with van der Waals surface area (Å²) in [6.45, 7) is 0. The highest BCUT2D eigenvalue weighted by Crippen LogP contribution is 2.27. The number of aliphatic hydroxyl groups is 1. The number of aromatic nitrogens is 2. The monoisotopic (exact) mass is 208 g/mol. The van der Waals surface area contributed by atoms with Crippen LogP contribution in [0.1, 0.15) is 44.3 Å². The Kier molecular flexibility index (Phi) is 3.78. The number of hydrogen-bond donors (Lipinski definition) is 2. The molecule has 0 aliphatic heterocycles. The van der Waals surface area contributed by atoms with E-state index in [1.165, 1.54) is 32.1 Å². The standard InChI is InChI=1S/C12H20N2O/c15-11(9-12-13-6-7-14-12)8-10-4-2-1-3-5-10/h6-7,10-11,15H,1-5,8-9H2,(H,13,14). The van der Waals surface area contributed by atoms with Crippen molar-refractivity contribution in [1.82, 2.24) is 9.97 Å². The van der Waals surface area contributed by atoms with Crippen LogP contribution in [-0.2, 0) is 6.42 Å². The number of aliphatic hydroxyl groups excluding tert-OH is 1. The second kappa shape index (κ2) is 5.31. The van der Waals surface area contributed by atoms with Crippen LogP contribution >= 0.6 is 0 Å². The predicted molar refractivity (Wildman–Crippen MR) is 59.5 cm³/mol. The van der Waals surface area contributed by atoms with Crippen LogP contribution < -0.4 is 0 Å². The largest absolute Gasteiger partial charge is 0.393 e. The minimum Gasteiger partial charge on any atom is -0.393 e. The number of aromatic amines is 1. The van der Waals surface area contributed by atoms with Crippen LogP contribution in [0.5, 0.6) is 0 Å². The van der Waals surface area contributed by atoms with Gasteiger partial charge in [-0.05, 0) is 12.3 Å². The van der Waals surface area contributed by atoms with Crippen molar-refractivity contribution in [3.05, 3.63) is 18.2 Å². The Balaban J connectivity index is 1.74. The zero-order valence-electron chi connectivity index (χ0n) is 9.15. The van der Waals surface area contributed by atoms with Gasteiger partial charge in [0.2, 0.25) is 0 Å². The second-order valence-corrected chi connectivity index (χ2v) is 4.63. The fourth-order valence-corrected chi connectivity index (χ4v) is 2.52. The van der Waals surface area contributed by atoms with Gasteiger partial charge in [-0.2, -0.15) is 0 Å². The van der Waals surface area contributed by atoms with Gasteiger partial charge in [-0.3, -0.25) is 0 Å². The van der Waals surface area contributed by atoms with E-state index in [0.717, 1.165) is 18.2 Å². The van der Waals surface area contributed by atoms with E-state index in [-0.39, 0.29) is 6.10 Å². The van der Waals surface area contributed by atoms with Crippen LogP contribution in [0.2, 0.25) is 0 Å². The summed E-state index contributed by atoms with van der Waals surface area (Å²) in [5.41, 5.74) is 0. The molecule has 1 atom stereocenters. The van der Waals surface area contributed by atoms with Crippen molar-refractivity contribution in [3.63, 3.8) is 0 Å². The van der Waals surface area contributed by atoms with E-state index in [9.17, 15) is 5.11 Å². The zero-order valence-corrected chi connectivity index (χ0v) is 9.15. The van der Waals surface area contributed by atoms with Crippen LogP contribution in [0.4, 0.5) is 0 Å². The summed E-state index contributed by atoms with van der Waals surface area (Å²) in [5, 5.41) is 9.91. The Labute approximate surface area is 90.9 Å². The van der Waals surface area contributed by atoms with Crippen molar-refractivity contribution >= 4 is 0 Å². The number of nitrogens with zero attached hydrogens (tertiary/aromatic N) is 1. The third-order valence-corrected chi connectivity index (χ3v) is 3.31. The minimum absolute atomic E-state index is 0.223. The van der Waals surface area contributed by atoms with Gasteiger partial charge in [0.1, 0.15) is 5.82 Å². The molecule has 1 unspecified atom stereocenters. The molecule has 0 aromatic carbocycles. The smallest absolute Gasteiger partial charge is 0.108 e. The Hall–Kier alpha value is -0.830. The maximum Gasteiger partial charge on any atom is 0.108 e. The Morgan fingerprint density at radius 3 is 2.87 bits per heavy atom. The molecule has 3 nitrogen and oxygen atoms in total. The number of rotatable bonds is 4. The van der Waals surface area contributed by atoms with Crippen LogP contribution in [0.25, 0.3) is 0 Å². The SMILES string of the molecule is OC(Cc1ncc[nH]1)CC1CCCCC1. The molecule has 0 spiro atoms. The number of hydrogen-bond acceptors (Lipinski definition) is 2. The van der Waals surface area contributed by atoms with Crippen LogP contribution in [0.3, 0.4) is 0 Å². The molecule has 0 saturated heterocycles. The highest BCUT2D eigenvalue weighted by atomic mass is 16.3. The Bertz CT molecular complexity index is 265. The van der Waals surface area contributed by atoms with E-state index in [0.29, 0.717) is 6.42 Å². The highest BCUT2D eigenvalue weighted by Gasteiger charge is 2.18. The highest BCUT2D eigenvalue weighted by molar-refractivity contribution is 4.89. The van der Waals surface area contributed by atoms with Gasteiger partial charge in [0.15, 0.2) is 0 Å². The van der Waals surface area contributed by atoms with Crippen molar-refractivity contribution in [2.24, 2.45) is 5.92 Å². The van der Waals surface area contributed by atoms with Crippen LogP contribution in [-0.4, -0.2) is 21.2 Å². The van der Waals surface area contributed by atoms with E-state index in [2.05, 4.69) is 9.97 Å². The van der Waals surface area contributed by atoms with Gasteiger partial charge < -0.3 is 10.1 Å². The first-order valence-electron chi connectivity index (χ1n) is 6.01. The van der Waals surface area contributed by atoms with Crippen molar-refractivity contribution in [3.8, 4) is 0 Å². The van der Waals surface area contributed by atoms with Gasteiger partial charge in [-0.15, -0.1) is 0 Å². The lowest BCUT2D eigenvalue weighted by Crippen LogP contribution is -2.18. The summed E-state index contributed by atoms with van der Waals surface area (Å²) in [4.78, 5) is 7.17. The molecule has 1 aromatic rings. The van der Waals surface area contributed by atoms with Crippen molar-refractivity contribution in [1.29, 1.82) is 0 Å². The molecule has 2 N–H and O–H groups in total. The van der Waals surface area contributed by atoms with Gasteiger partial charge in [0.25, 0.3) is 0 Å². The molecule has 1 saturated carbocycles. The van der Waals surface area contributed by atoms with E-state index in [1.54, 1.807) is 6.20 Å². The average molecular weight is 208 g/mol. The fraction of sp³-hybridized carbons (Fsp3) is 0.750. The molecule has 15 heavy (non-hydrogen) atoms. The summed E-state index contributed by atoms with van der Waals surface area (Å²) in [6, 6.07) is 0. The molecule has 0 amide bonds. The molecule has 1 aliphatic carbocycles. The van der Waals surface area contributed by atoms with Gasteiger partial charge >= 0.3 is 0 Å². The molecule has 1 aliphatic rings. The molecule has 1 fully saturated rings. The fourth-order valence-electron chi connectivity index (χ4n) is 2.52. The zero-order chi connectivity index (χ0) is 10.5. The second-order valence-electron chi connectivity index (χ2n) is 4.63. The summed E-state index contributed by atoms with van der Waals surface area (Å²) in [5.74, 6) is 1.64.